The summed E-state index contributed by atoms with van der Waals surface area (Å²) >= 11 is 3.82. The SMILES string of the molecule is CC(C)[C@@]12C[C@H](OCc3ccncc3)[C@@](C)(C[C@H]1Br)O2. The summed E-state index contributed by atoms with van der Waals surface area (Å²) < 4.78 is 12.6. The molecule has 0 N–H and O–H groups in total. The van der Waals surface area contributed by atoms with Crippen LogP contribution in [0.5, 0.6) is 0 Å². The third-order valence-electron chi connectivity index (χ3n) is 4.90. The molecule has 0 radical (unpaired) electrons. The summed E-state index contributed by atoms with van der Waals surface area (Å²) in [5.41, 5.74) is 0.934. The highest BCUT2D eigenvalue weighted by atomic mass is 79.9. The van der Waals surface area contributed by atoms with Crippen LogP contribution in [0.3, 0.4) is 0 Å². The molecular formula is C16H22BrNO2. The van der Waals surface area contributed by atoms with E-state index < -0.39 is 0 Å². The van der Waals surface area contributed by atoms with Gasteiger partial charge in [-0.2, -0.15) is 0 Å². The number of aromatic nitrogens is 1. The Hall–Kier alpha value is -0.450. The van der Waals surface area contributed by atoms with Crippen LogP contribution in [-0.2, 0) is 16.1 Å². The number of hydrogen-bond donors (Lipinski definition) is 0. The van der Waals surface area contributed by atoms with Gasteiger partial charge in [-0.15, -0.1) is 0 Å². The molecule has 0 aliphatic carbocycles. The van der Waals surface area contributed by atoms with Crippen molar-refractivity contribution < 1.29 is 9.47 Å². The van der Waals surface area contributed by atoms with Gasteiger partial charge in [0.2, 0.25) is 0 Å². The molecule has 20 heavy (non-hydrogen) atoms. The van der Waals surface area contributed by atoms with Gasteiger partial charge in [0, 0.05) is 23.6 Å². The molecule has 0 amide bonds. The lowest BCUT2D eigenvalue weighted by Crippen LogP contribution is -2.44. The average Bonchev–Trinajstić information content (AvgIpc) is 2.85. The lowest BCUT2D eigenvalue weighted by Gasteiger charge is -2.35. The van der Waals surface area contributed by atoms with Crippen LogP contribution < -0.4 is 0 Å². The maximum Gasteiger partial charge on any atom is 0.0936 e. The van der Waals surface area contributed by atoms with Crippen LogP contribution in [0, 0.1) is 5.92 Å². The Morgan fingerprint density at radius 3 is 2.70 bits per heavy atom. The quantitative estimate of drug-likeness (QED) is 0.783. The minimum atomic E-state index is -0.161. The number of fused-ring (bicyclic) bond motifs is 2. The summed E-state index contributed by atoms with van der Waals surface area (Å²) in [6.07, 6.45) is 5.78. The topological polar surface area (TPSA) is 31.4 Å². The number of ether oxygens (including phenoxy) is 2. The van der Waals surface area contributed by atoms with Crippen molar-refractivity contribution >= 4 is 15.9 Å². The Bertz CT molecular complexity index is 481. The predicted molar refractivity (Wildman–Crippen MR) is 81.8 cm³/mol. The third kappa shape index (κ3) is 2.22. The third-order valence-corrected chi connectivity index (χ3v) is 6.00. The van der Waals surface area contributed by atoms with E-state index in [2.05, 4.69) is 41.7 Å². The molecule has 0 unspecified atom stereocenters. The molecule has 0 spiro atoms. The molecule has 2 aliphatic heterocycles. The Labute approximate surface area is 129 Å². The zero-order valence-electron chi connectivity index (χ0n) is 12.3. The van der Waals surface area contributed by atoms with E-state index in [1.54, 1.807) is 0 Å². The largest absolute Gasteiger partial charge is 0.370 e. The summed E-state index contributed by atoms with van der Waals surface area (Å²) in [5, 5.41) is 0. The maximum absolute atomic E-state index is 6.44. The average molecular weight is 340 g/mol. The van der Waals surface area contributed by atoms with Gasteiger partial charge in [-0.3, -0.25) is 4.98 Å². The molecule has 3 rings (SSSR count). The molecule has 3 nitrogen and oxygen atoms in total. The molecule has 0 aromatic carbocycles. The number of halogens is 1. The van der Waals surface area contributed by atoms with Gasteiger partial charge in [-0.25, -0.2) is 0 Å². The van der Waals surface area contributed by atoms with Crippen LogP contribution in [-0.4, -0.2) is 27.1 Å². The van der Waals surface area contributed by atoms with Gasteiger partial charge in [0.1, 0.15) is 0 Å². The second-order valence-electron chi connectivity index (χ2n) is 6.56. The van der Waals surface area contributed by atoms with Crippen LogP contribution in [0.15, 0.2) is 24.5 Å². The number of hydrogen-bond acceptors (Lipinski definition) is 3. The molecule has 4 atom stereocenters. The molecule has 3 heterocycles. The van der Waals surface area contributed by atoms with E-state index in [9.17, 15) is 0 Å². The first-order valence-electron chi connectivity index (χ1n) is 7.31. The highest BCUT2D eigenvalue weighted by Crippen LogP contribution is 2.57. The smallest absolute Gasteiger partial charge is 0.0936 e. The number of pyridine rings is 1. The summed E-state index contributed by atoms with van der Waals surface area (Å²) in [6.45, 7) is 7.30. The Kier molecular flexibility index (Phi) is 3.68. The maximum atomic E-state index is 6.44. The van der Waals surface area contributed by atoms with Crippen LogP contribution in [0.4, 0.5) is 0 Å². The predicted octanol–water partition coefficient (Wildman–Crippen LogP) is 3.71. The minimum absolute atomic E-state index is 0.0718. The zero-order chi connectivity index (χ0) is 14.4. The monoisotopic (exact) mass is 339 g/mol. The van der Waals surface area contributed by atoms with E-state index in [0.717, 1.165) is 12.8 Å². The van der Waals surface area contributed by atoms with E-state index in [0.29, 0.717) is 17.4 Å². The lowest BCUT2D eigenvalue weighted by molar-refractivity contribution is -0.0955. The summed E-state index contributed by atoms with van der Waals surface area (Å²) in [6, 6.07) is 4.00. The first-order chi connectivity index (χ1) is 9.46. The van der Waals surface area contributed by atoms with E-state index in [-0.39, 0.29) is 17.3 Å². The van der Waals surface area contributed by atoms with Crippen molar-refractivity contribution in [2.75, 3.05) is 0 Å². The normalized spacial score (nSPS) is 39.6. The molecule has 110 valence electrons. The zero-order valence-corrected chi connectivity index (χ0v) is 13.9. The highest BCUT2D eigenvalue weighted by molar-refractivity contribution is 9.09. The second-order valence-corrected chi connectivity index (χ2v) is 7.66. The standard InChI is InChI=1S/C16H22BrNO2/c1-11(2)16-9-14(15(3,20-16)8-13(16)17)19-10-12-4-6-18-7-5-12/h4-7,11,13-14H,8-10H2,1-3H3/t13-,14+,15-,16+/m1/s1. The Morgan fingerprint density at radius 1 is 1.40 bits per heavy atom. The minimum Gasteiger partial charge on any atom is -0.370 e. The van der Waals surface area contributed by atoms with Gasteiger partial charge in [-0.1, -0.05) is 29.8 Å². The van der Waals surface area contributed by atoms with E-state index in [1.807, 2.05) is 24.5 Å². The fourth-order valence-corrected chi connectivity index (χ4v) is 5.02. The molecule has 4 heteroatoms. The van der Waals surface area contributed by atoms with E-state index >= 15 is 0 Å². The van der Waals surface area contributed by atoms with Crippen molar-refractivity contribution in [3.63, 3.8) is 0 Å². The number of rotatable bonds is 4. The molecule has 2 bridgehead atoms. The molecule has 2 fully saturated rings. The molecular weight excluding hydrogens is 318 g/mol. The van der Waals surface area contributed by atoms with E-state index in [1.165, 1.54) is 5.56 Å². The number of alkyl halides is 1. The van der Waals surface area contributed by atoms with Crippen molar-refractivity contribution in [2.45, 2.75) is 62.4 Å². The Morgan fingerprint density at radius 2 is 2.10 bits per heavy atom. The highest BCUT2D eigenvalue weighted by Gasteiger charge is 2.65. The molecule has 1 aromatic rings. The van der Waals surface area contributed by atoms with E-state index in [4.69, 9.17) is 9.47 Å². The van der Waals surface area contributed by atoms with Crippen LogP contribution in [0.1, 0.15) is 39.2 Å². The summed E-state index contributed by atoms with van der Waals surface area (Å²) in [5.74, 6) is 0.489. The number of nitrogens with zero attached hydrogens (tertiary/aromatic N) is 1. The van der Waals surface area contributed by atoms with Gasteiger partial charge >= 0.3 is 0 Å². The molecule has 2 aliphatic rings. The van der Waals surface area contributed by atoms with Crippen molar-refractivity contribution in [3.05, 3.63) is 30.1 Å². The van der Waals surface area contributed by atoms with Gasteiger partial charge in [0.05, 0.1) is 23.9 Å². The molecule has 1 aromatic heterocycles. The van der Waals surface area contributed by atoms with Crippen LogP contribution in [0.25, 0.3) is 0 Å². The van der Waals surface area contributed by atoms with Crippen molar-refractivity contribution in [2.24, 2.45) is 5.92 Å². The van der Waals surface area contributed by atoms with Gasteiger partial charge in [0.15, 0.2) is 0 Å². The van der Waals surface area contributed by atoms with Crippen LogP contribution >= 0.6 is 15.9 Å². The first kappa shape index (κ1) is 14.5. The van der Waals surface area contributed by atoms with Crippen LogP contribution in [0.2, 0.25) is 0 Å². The van der Waals surface area contributed by atoms with Gasteiger partial charge in [0.25, 0.3) is 0 Å². The van der Waals surface area contributed by atoms with Gasteiger partial charge < -0.3 is 9.47 Å². The molecule has 0 saturated carbocycles. The fraction of sp³-hybridized carbons (Fsp3) is 0.688. The van der Waals surface area contributed by atoms with Crippen molar-refractivity contribution in [1.29, 1.82) is 0 Å². The Balaban J connectivity index is 1.71. The van der Waals surface area contributed by atoms with Crippen molar-refractivity contribution in [1.82, 2.24) is 4.98 Å². The summed E-state index contributed by atoms with van der Waals surface area (Å²) in [7, 11) is 0. The van der Waals surface area contributed by atoms with Gasteiger partial charge in [-0.05, 0) is 37.0 Å². The molecule has 2 saturated heterocycles. The lowest BCUT2D eigenvalue weighted by atomic mass is 9.75. The first-order valence-corrected chi connectivity index (χ1v) is 8.22. The second kappa shape index (κ2) is 5.08. The fourth-order valence-electron chi connectivity index (χ4n) is 3.57. The summed E-state index contributed by atoms with van der Waals surface area (Å²) in [4.78, 5) is 4.47. The van der Waals surface area contributed by atoms with Crippen molar-refractivity contribution in [3.8, 4) is 0 Å².